The van der Waals surface area contributed by atoms with Crippen LogP contribution in [-0.4, -0.2) is 11.2 Å². The fourth-order valence-corrected chi connectivity index (χ4v) is 0.848. The van der Waals surface area contributed by atoms with Crippen molar-refractivity contribution in [3.63, 3.8) is 0 Å². The maximum Gasteiger partial charge on any atom is 0.0549 e. The summed E-state index contributed by atoms with van der Waals surface area (Å²) in [5, 5.41) is 9.20. The molecule has 0 amide bonds. The molecular formula is C9H16O. The smallest absolute Gasteiger partial charge is 0.0549 e. The normalized spacial score (nSPS) is 15.8. The third-order valence-electron chi connectivity index (χ3n) is 1.76. The Morgan fingerprint density at radius 1 is 1.40 bits per heavy atom. The molecule has 10 heavy (non-hydrogen) atoms. The first-order chi connectivity index (χ1) is 4.74. The number of hydrogen-bond acceptors (Lipinski definition) is 1. The van der Waals surface area contributed by atoms with E-state index < -0.39 is 0 Å². The molecule has 0 aliphatic heterocycles. The van der Waals surface area contributed by atoms with Gasteiger partial charge in [0.1, 0.15) is 0 Å². The van der Waals surface area contributed by atoms with E-state index in [1.807, 2.05) is 13.8 Å². The molecule has 0 aliphatic carbocycles. The van der Waals surface area contributed by atoms with Crippen LogP contribution < -0.4 is 0 Å². The van der Waals surface area contributed by atoms with Crippen LogP contribution in [0, 0.1) is 18.3 Å². The Hall–Kier alpha value is -0.480. The van der Waals surface area contributed by atoms with Gasteiger partial charge in [0.25, 0.3) is 0 Å². The summed E-state index contributed by atoms with van der Waals surface area (Å²) in [6.07, 6.45) is 7.54. The predicted octanol–water partition coefficient (Wildman–Crippen LogP) is 1.81. The van der Waals surface area contributed by atoms with Gasteiger partial charge in [0.05, 0.1) is 6.10 Å². The van der Waals surface area contributed by atoms with Gasteiger partial charge in [-0.25, -0.2) is 0 Å². The molecule has 0 aromatic rings. The first-order valence-corrected chi connectivity index (χ1v) is 3.88. The molecular weight excluding hydrogens is 124 g/mol. The molecule has 0 aliphatic rings. The van der Waals surface area contributed by atoms with E-state index in [0.717, 1.165) is 19.3 Å². The highest BCUT2D eigenvalue weighted by Gasteiger charge is 2.07. The summed E-state index contributed by atoms with van der Waals surface area (Å²) in [4.78, 5) is 0. The van der Waals surface area contributed by atoms with Crippen molar-refractivity contribution < 1.29 is 5.11 Å². The second-order valence-electron chi connectivity index (χ2n) is 2.57. The summed E-state index contributed by atoms with van der Waals surface area (Å²) >= 11 is 0. The van der Waals surface area contributed by atoms with Crippen molar-refractivity contribution >= 4 is 0 Å². The molecule has 58 valence electrons. The number of terminal acetylenes is 1. The first-order valence-electron chi connectivity index (χ1n) is 3.88. The molecule has 0 spiro atoms. The Kier molecular flexibility index (Phi) is 5.06. The number of aliphatic hydroxyl groups is 1. The highest BCUT2D eigenvalue weighted by atomic mass is 16.3. The monoisotopic (exact) mass is 140 g/mol. The lowest BCUT2D eigenvalue weighted by Gasteiger charge is -2.11. The van der Waals surface area contributed by atoms with E-state index >= 15 is 0 Å². The quantitative estimate of drug-likeness (QED) is 0.590. The van der Waals surface area contributed by atoms with E-state index in [1.165, 1.54) is 0 Å². The second-order valence-corrected chi connectivity index (χ2v) is 2.57. The van der Waals surface area contributed by atoms with Gasteiger partial charge in [-0.2, -0.15) is 0 Å². The van der Waals surface area contributed by atoms with Crippen molar-refractivity contribution in [2.24, 2.45) is 5.92 Å². The molecule has 0 saturated carbocycles. The molecule has 0 saturated heterocycles. The van der Waals surface area contributed by atoms with Gasteiger partial charge in [-0.3, -0.25) is 0 Å². The molecule has 0 aromatic heterocycles. The lowest BCUT2D eigenvalue weighted by Crippen LogP contribution is -2.10. The molecule has 0 rings (SSSR count). The van der Waals surface area contributed by atoms with Crippen LogP contribution in [-0.2, 0) is 0 Å². The molecule has 1 N–H and O–H groups in total. The fraction of sp³-hybridized carbons (Fsp3) is 0.778. The highest BCUT2D eigenvalue weighted by Crippen LogP contribution is 2.11. The highest BCUT2D eigenvalue weighted by molar-refractivity contribution is 4.92. The zero-order valence-corrected chi connectivity index (χ0v) is 6.80. The number of hydrogen-bond donors (Lipinski definition) is 1. The van der Waals surface area contributed by atoms with E-state index in [0.29, 0.717) is 0 Å². The summed E-state index contributed by atoms with van der Waals surface area (Å²) in [5.74, 6) is 2.92. The number of rotatable bonds is 4. The van der Waals surface area contributed by atoms with Gasteiger partial charge < -0.3 is 5.11 Å². The fourth-order valence-electron chi connectivity index (χ4n) is 0.848. The van der Waals surface area contributed by atoms with E-state index in [4.69, 9.17) is 6.42 Å². The van der Waals surface area contributed by atoms with Crippen LogP contribution in [0.4, 0.5) is 0 Å². The Morgan fingerprint density at radius 2 is 2.00 bits per heavy atom. The minimum atomic E-state index is -0.207. The van der Waals surface area contributed by atoms with E-state index in [-0.39, 0.29) is 12.0 Å². The van der Waals surface area contributed by atoms with Crippen LogP contribution in [0.5, 0.6) is 0 Å². The average molecular weight is 140 g/mol. The maximum atomic E-state index is 9.20. The lowest BCUT2D eigenvalue weighted by atomic mass is 9.99. The standard InChI is InChI=1S/C9H16O/c1-4-8(5-2)7-9(10)6-3/h1,8-10H,5-7H2,2-3H3. The SMILES string of the molecule is C#CC(CC)CC(O)CC. The van der Waals surface area contributed by atoms with Crippen LogP contribution >= 0.6 is 0 Å². The van der Waals surface area contributed by atoms with Crippen molar-refractivity contribution in [3.05, 3.63) is 0 Å². The summed E-state index contributed by atoms with van der Waals surface area (Å²) < 4.78 is 0. The minimum Gasteiger partial charge on any atom is -0.393 e. The molecule has 1 nitrogen and oxygen atoms in total. The lowest BCUT2D eigenvalue weighted by molar-refractivity contribution is 0.147. The van der Waals surface area contributed by atoms with Crippen molar-refractivity contribution in [3.8, 4) is 12.3 Å². The zero-order valence-electron chi connectivity index (χ0n) is 6.80. The second kappa shape index (κ2) is 5.32. The minimum absolute atomic E-state index is 0.207. The third kappa shape index (κ3) is 3.53. The van der Waals surface area contributed by atoms with Gasteiger partial charge in [0, 0.05) is 5.92 Å². The third-order valence-corrected chi connectivity index (χ3v) is 1.76. The topological polar surface area (TPSA) is 20.2 Å². The van der Waals surface area contributed by atoms with E-state index in [1.54, 1.807) is 0 Å². The largest absolute Gasteiger partial charge is 0.393 e. The first kappa shape index (κ1) is 9.52. The van der Waals surface area contributed by atoms with Crippen molar-refractivity contribution in [1.82, 2.24) is 0 Å². The molecule has 2 unspecified atom stereocenters. The van der Waals surface area contributed by atoms with Gasteiger partial charge in [-0.05, 0) is 19.3 Å². The van der Waals surface area contributed by atoms with Crippen molar-refractivity contribution in [2.75, 3.05) is 0 Å². The number of aliphatic hydroxyl groups excluding tert-OH is 1. The Labute approximate surface area is 63.5 Å². The summed E-state index contributed by atoms with van der Waals surface area (Å²) in [7, 11) is 0. The Morgan fingerprint density at radius 3 is 2.30 bits per heavy atom. The van der Waals surface area contributed by atoms with Crippen molar-refractivity contribution in [2.45, 2.75) is 39.2 Å². The summed E-state index contributed by atoms with van der Waals surface area (Å²) in [6, 6.07) is 0. The van der Waals surface area contributed by atoms with Gasteiger partial charge in [0.15, 0.2) is 0 Å². The van der Waals surface area contributed by atoms with Gasteiger partial charge >= 0.3 is 0 Å². The zero-order chi connectivity index (χ0) is 7.98. The summed E-state index contributed by atoms with van der Waals surface area (Å²) in [6.45, 7) is 4.01. The molecule has 2 atom stereocenters. The van der Waals surface area contributed by atoms with Gasteiger partial charge in [-0.1, -0.05) is 13.8 Å². The van der Waals surface area contributed by atoms with Gasteiger partial charge in [-0.15, -0.1) is 12.3 Å². The van der Waals surface area contributed by atoms with Gasteiger partial charge in [0.2, 0.25) is 0 Å². The van der Waals surface area contributed by atoms with E-state index in [9.17, 15) is 5.11 Å². The molecule has 0 bridgehead atoms. The van der Waals surface area contributed by atoms with Crippen LogP contribution in [0.1, 0.15) is 33.1 Å². The van der Waals surface area contributed by atoms with E-state index in [2.05, 4.69) is 5.92 Å². The van der Waals surface area contributed by atoms with Crippen molar-refractivity contribution in [1.29, 1.82) is 0 Å². The Bertz CT molecular complexity index is 112. The average Bonchev–Trinajstić information content (AvgIpc) is 1.99. The van der Waals surface area contributed by atoms with Crippen LogP contribution in [0.3, 0.4) is 0 Å². The molecule has 0 aromatic carbocycles. The maximum absolute atomic E-state index is 9.20. The molecule has 0 heterocycles. The van der Waals surface area contributed by atoms with Crippen LogP contribution in [0.2, 0.25) is 0 Å². The predicted molar refractivity (Wildman–Crippen MR) is 43.5 cm³/mol. The Balaban J connectivity index is 3.54. The molecule has 0 radical (unpaired) electrons. The molecule has 1 heteroatoms. The summed E-state index contributed by atoms with van der Waals surface area (Å²) in [5.41, 5.74) is 0. The van der Waals surface area contributed by atoms with Crippen LogP contribution in [0.25, 0.3) is 0 Å². The van der Waals surface area contributed by atoms with Crippen LogP contribution in [0.15, 0.2) is 0 Å². The molecule has 0 fully saturated rings.